The summed E-state index contributed by atoms with van der Waals surface area (Å²) in [5.41, 5.74) is 2.34. The molecule has 1 aliphatic heterocycles. The lowest BCUT2D eigenvalue weighted by molar-refractivity contribution is -0.140. The molecular formula is C26H23ClN2O5. The van der Waals surface area contributed by atoms with Crippen molar-refractivity contribution < 1.29 is 24.2 Å². The van der Waals surface area contributed by atoms with Crippen molar-refractivity contribution in [2.75, 3.05) is 14.2 Å². The zero-order valence-electron chi connectivity index (χ0n) is 18.9. The number of hydrogen-bond donors (Lipinski definition) is 1. The van der Waals surface area contributed by atoms with Crippen LogP contribution in [0.2, 0.25) is 5.02 Å². The maximum atomic E-state index is 13.3. The number of carbonyl (C=O) groups is 2. The van der Waals surface area contributed by atoms with Gasteiger partial charge in [0.2, 0.25) is 0 Å². The summed E-state index contributed by atoms with van der Waals surface area (Å²) in [6.07, 6.45) is 1.62. The molecule has 4 rings (SSSR count). The van der Waals surface area contributed by atoms with Crippen LogP contribution < -0.4 is 9.47 Å². The molecule has 34 heavy (non-hydrogen) atoms. The van der Waals surface area contributed by atoms with Crippen molar-refractivity contribution in [1.29, 1.82) is 0 Å². The van der Waals surface area contributed by atoms with Gasteiger partial charge in [-0.3, -0.25) is 14.6 Å². The van der Waals surface area contributed by atoms with Crippen molar-refractivity contribution in [3.63, 3.8) is 0 Å². The van der Waals surface area contributed by atoms with Gasteiger partial charge in [-0.2, -0.15) is 0 Å². The summed E-state index contributed by atoms with van der Waals surface area (Å²) in [5.74, 6) is -1.30. The van der Waals surface area contributed by atoms with Gasteiger partial charge < -0.3 is 19.5 Å². The van der Waals surface area contributed by atoms with Gasteiger partial charge in [0.1, 0.15) is 17.3 Å². The van der Waals surface area contributed by atoms with Gasteiger partial charge in [0.15, 0.2) is 0 Å². The second kappa shape index (κ2) is 9.57. The SMILES string of the molecule is COc1cc(OC)c(/C(O)=C2\C(=O)C(=O)N(Cc3ccccn3)C2c2ccccc2C)cc1Cl. The Kier molecular flexibility index (Phi) is 6.56. The Bertz CT molecular complexity index is 1290. The second-order valence-electron chi connectivity index (χ2n) is 7.79. The number of likely N-dealkylation sites (tertiary alicyclic amines) is 1. The highest BCUT2D eigenvalue weighted by molar-refractivity contribution is 6.46. The average Bonchev–Trinajstić information content (AvgIpc) is 3.09. The molecule has 2 aromatic carbocycles. The minimum absolute atomic E-state index is 0.0465. The van der Waals surface area contributed by atoms with Crippen molar-refractivity contribution >= 4 is 29.1 Å². The Morgan fingerprint density at radius 3 is 2.41 bits per heavy atom. The van der Waals surface area contributed by atoms with Crippen LogP contribution in [0.3, 0.4) is 0 Å². The number of methoxy groups -OCH3 is 2. The number of ether oxygens (including phenoxy) is 2. The second-order valence-corrected chi connectivity index (χ2v) is 8.20. The third-order valence-corrected chi connectivity index (χ3v) is 6.11. The number of aliphatic hydroxyl groups is 1. The highest BCUT2D eigenvalue weighted by Gasteiger charge is 2.47. The van der Waals surface area contributed by atoms with Crippen LogP contribution in [0.15, 0.2) is 66.4 Å². The van der Waals surface area contributed by atoms with E-state index in [1.54, 1.807) is 18.3 Å². The molecule has 3 aromatic rings. The number of Topliss-reactive ketones (excluding diaryl/α,β-unsaturated/α-hetero) is 1. The highest BCUT2D eigenvalue weighted by atomic mass is 35.5. The highest BCUT2D eigenvalue weighted by Crippen LogP contribution is 2.44. The van der Waals surface area contributed by atoms with Gasteiger partial charge in [-0.05, 0) is 36.2 Å². The van der Waals surface area contributed by atoms with Crippen LogP contribution in [0.1, 0.15) is 28.4 Å². The largest absolute Gasteiger partial charge is 0.507 e. The van der Waals surface area contributed by atoms with E-state index >= 15 is 0 Å². The van der Waals surface area contributed by atoms with Gasteiger partial charge in [-0.25, -0.2) is 0 Å². The first-order valence-corrected chi connectivity index (χ1v) is 10.9. The molecule has 1 saturated heterocycles. The van der Waals surface area contributed by atoms with E-state index in [0.29, 0.717) is 11.4 Å². The summed E-state index contributed by atoms with van der Waals surface area (Å²) < 4.78 is 10.6. The van der Waals surface area contributed by atoms with Crippen LogP contribution in [0.4, 0.5) is 0 Å². The third-order valence-electron chi connectivity index (χ3n) is 5.81. The molecule has 0 spiro atoms. The molecule has 174 valence electrons. The molecule has 1 unspecified atom stereocenters. The molecule has 2 heterocycles. The van der Waals surface area contributed by atoms with E-state index < -0.39 is 17.7 Å². The van der Waals surface area contributed by atoms with E-state index in [-0.39, 0.29) is 34.2 Å². The number of aliphatic hydroxyl groups excluding tert-OH is 1. The van der Waals surface area contributed by atoms with Crippen molar-refractivity contribution in [1.82, 2.24) is 9.88 Å². The van der Waals surface area contributed by atoms with Crippen molar-refractivity contribution in [2.24, 2.45) is 0 Å². The zero-order valence-corrected chi connectivity index (χ0v) is 19.7. The van der Waals surface area contributed by atoms with Crippen LogP contribution >= 0.6 is 11.6 Å². The normalized spacial score (nSPS) is 17.2. The third kappa shape index (κ3) is 4.10. The number of aromatic nitrogens is 1. The number of nitrogens with zero attached hydrogens (tertiary/aromatic N) is 2. The zero-order chi connectivity index (χ0) is 24.4. The number of amides is 1. The smallest absolute Gasteiger partial charge is 0.296 e. The van der Waals surface area contributed by atoms with E-state index in [4.69, 9.17) is 21.1 Å². The quantitative estimate of drug-likeness (QED) is 0.314. The van der Waals surface area contributed by atoms with E-state index in [9.17, 15) is 14.7 Å². The number of rotatable bonds is 6. The summed E-state index contributed by atoms with van der Waals surface area (Å²) in [6.45, 7) is 1.99. The Morgan fingerprint density at radius 2 is 1.76 bits per heavy atom. The first-order chi connectivity index (χ1) is 16.4. The molecule has 8 heteroatoms. The van der Waals surface area contributed by atoms with E-state index in [1.165, 1.54) is 31.3 Å². The standard InChI is InChI=1S/C26H23ClN2O5/c1-15-8-4-5-10-17(15)23-22(24(30)18-12-19(27)21(34-3)13-20(18)33-2)25(31)26(32)29(23)14-16-9-6-7-11-28-16/h4-13,23,30H,14H2,1-3H3/b24-22+. The Balaban J connectivity index is 1.94. The topological polar surface area (TPSA) is 89.0 Å². The number of benzene rings is 2. The molecule has 0 saturated carbocycles. The van der Waals surface area contributed by atoms with E-state index in [2.05, 4.69) is 4.98 Å². The van der Waals surface area contributed by atoms with E-state index in [0.717, 1.165) is 11.1 Å². The van der Waals surface area contributed by atoms with Gasteiger partial charge >= 0.3 is 0 Å². The molecule has 0 bridgehead atoms. The molecule has 0 radical (unpaired) electrons. The molecular weight excluding hydrogens is 456 g/mol. The summed E-state index contributed by atoms with van der Waals surface area (Å²) in [4.78, 5) is 32.2. The molecule has 0 aliphatic carbocycles. The fraction of sp³-hybridized carbons (Fsp3) is 0.192. The van der Waals surface area contributed by atoms with Gasteiger partial charge in [-0.1, -0.05) is 41.9 Å². The van der Waals surface area contributed by atoms with Gasteiger partial charge in [0, 0.05) is 12.3 Å². The lowest BCUT2D eigenvalue weighted by Gasteiger charge is -2.26. The molecule has 1 N–H and O–H groups in total. The Hall–Kier alpha value is -3.84. The first-order valence-electron chi connectivity index (χ1n) is 10.5. The number of ketones is 1. The summed E-state index contributed by atoms with van der Waals surface area (Å²) in [6, 6.07) is 14.9. The maximum absolute atomic E-state index is 13.3. The van der Waals surface area contributed by atoms with Crippen molar-refractivity contribution in [2.45, 2.75) is 19.5 Å². The fourth-order valence-corrected chi connectivity index (χ4v) is 4.36. The Labute approximate surface area is 202 Å². The van der Waals surface area contributed by atoms with Gasteiger partial charge in [-0.15, -0.1) is 0 Å². The molecule has 1 aromatic heterocycles. The summed E-state index contributed by atoms with van der Waals surface area (Å²) in [5, 5.41) is 11.6. The average molecular weight is 479 g/mol. The first kappa shape index (κ1) is 23.3. The lowest BCUT2D eigenvalue weighted by Crippen LogP contribution is -2.29. The van der Waals surface area contributed by atoms with Crippen LogP contribution in [-0.4, -0.2) is 40.9 Å². The van der Waals surface area contributed by atoms with Crippen molar-refractivity contribution in [3.05, 3.63) is 93.8 Å². The molecule has 7 nitrogen and oxygen atoms in total. The lowest BCUT2D eigenvalue weighted by atomic mass is 9.92. The Morgan fingerprint density at radius 1 is 1.06 bits per heavy atom. The number of pyridine rings is 1. The van der Waals surface area contributed by atoms with Crippen LogP contribution in [0, 0.1) is 6.92 Å². The molecule has 1 amide bonds. The number of carbonyl (C=O) groups excluding carboxylic acids is 2. The molecule has 1 fully saturated rings. The molecule has 1 atom stereocenters. The van der Waals surface area contributed by atoms with E-state index in [1.807, 2.05) is 37.3 Å². The maximum Gasteiger partial charge on any atom is 0.296 e. The minimum Gasteiger partial charge on any atom is -0.507 e. The number of halogens is 1. The molecule has 1 aliphatic rings. The van der Waals surface area contributed by atoms with Crippen LogP contribution in [-0.2, 0) is 16.1 Å². The minimum atomic E-state index is -0.825. The predicted octanol–water partition coefficient (Wildman–Crippen LogP) is 4.68. The van der Waals surface area contributed by atoms with Crippen LogP contribution in [0.5, 0.6) is 11.5 Å². The van der Waals surface area contributed by atoms with Gasteiger partial charge in [0.05, 0.1) is 48.7 Å². The number of hydrogen-bond acceptors (Lipinski definition) is 6. The fourth-order valence-electron chi connectivity index (χ4n) is 4.12. The van der Waals surface area contributed by atoms with Gasteiger partial charge in [0.25, 0.3) is 11.7 Å². The van der Waals surface area contributed by atoms with Crippen LogP contribution in [0.25, 0.3) is 5.76 Å². The summed E-state index contributed by atoms with van der Waals surface area (Å²) >= 11 is 6.30. The predicted molar refractivity (Wildman–Crippen MR) is 128 cm³/mol. The summed E-state index contributed by atoms with van der Waals surface area (Å²) in [7, 11) is 2.89. The number of aryl methyl sites for hydroxylation is 1. The van der Waals surface area contributed by atoms with Crippen molar-refractivity contribution in [3.8, 4) is 11.5 Å². The monoisotopic (exact) mass is 478 g/mol.